The van der Waals surface area contributed by atoms with Crippen molar-refractivity contribution >= 4 is 29.8 Å². The molecule has 0 bridgehead atoms. The third kappa shape index (κ3) is 5.54. The normalized spacial score (nSPS) is 10.3. The van der Waals surface area contributed by atoms with Gasteiger partial charge in [0.25, 0.3) is 0 Å². The van der Waals surface area contributed by atoms with Gasteiger partial charge in [0.05, 0.1) is 0 Å². The first-order chi connectivity index (χ1) is 9.66. The van der Waals surface area contributed by atoms with Gasteiger partial charge in [0.1, 0.15) is 5.82 Å². The van der Waals surface area contributed by atoms with Crippen LogP contribution >= 0.6 is 24.0 Å². The Morgan fingerprint density at radius 2 is 1.71 bits per heavy atom. The molecule has 0 saturated carbocycles. The SMILES string of the molecule is CN(C)CCN(Cc1ccccc1Cl)c1ccccn1.Cl. The third-order valence-electron chi connectivity index (χ3n) is 3.11. The topological polar surface area (TPSA) is 19.4 Å². The highest BCUT2D eigenvalue weighted by Crippen LogP contribution is 2.20. The van der Waals surface area contributed by atoms with E-state index in [0.29, 0.717) is 0 Å². The molecule has 1 aromatic heterocycles. The number of anilines is 1. The lowest BCUT2D eigenvalue weighted by Crippen LogP contribution is -2.32. The summed E-state index contributed by atoms with van der Waals surface area (Å²) in [5.74, 6) is 0.981. The fourth-order valence-electron chi connectivity index (χ4n) is 1.97. The van der Waals surface area contributed by atoms with Crippen molar-refractivity contribution in [1.29, 1.82) is 0 Å². The van der Waals surface area contributed by atoms with Crippen LogP contribution in [0.4, 0.5) is 5.82 Å². The average Bonchev–Trinajstić information content (AvgIpc) is 2.46. The second-order valence-electron chi connectivity index (χ2n) is 5.00. The van der Waals surface area contributed by atoms with Gasteiger partial charge in [0.15, 0.2) is 0 Å². The van der Waals surface area contributed by atoms with E-state index in [1.165, 1.54) is 0 Å². The summed E-state index contributed by atoms with van der Waals surface area (Å²) in [6, 6.07) is 13.9. The number of halogens is 2. The number of hydrogen-bond acceptors (Lipinski definition) is 3. The third-order valence-corrected chi connectivity index (χ3v) is 3.48. The van der Waals surface area contributed by atoms with E-state index < -0.39 is 0 Å². The highest BCUT2D eigenvalue weighted by atomic mass is 35.5. The lowest BCUT2D eigenvalue weighted by Gasteiger charge is -2.25. The number of hydrogen-bond donors (Lipinski definition) is 0. The predicted octanol–water partition coefficient (Wildman–Crippen LogP) is 3.73. The van der Waals surface area contributed by atoms with Crippen molar-refractivity contribution in [2.24, 2.45) is 0 Å². The number of likely N-dealkylation sites (N-methyl/N-ethyl adjacent to an activating group) is 1. The van der Waals surface area contributed by atoms with Gasteiger partial charge in [-0.25, -0.2) is 4.98 Å². The molecule has 114 valence electrons. The zero-order valence-electron chi connectivity index (χ0n) is 12.4. The molecule has 0 radical (unpaired) electrons. The van der Waals surface area contributed by atoms with E-state index in [1.54, 1.807) is 0 Å². The average molecular weight is 326 g/mol. The Hall–Kier alpha value is -1.29. The molecule has 0 amide bonds. The van der Waals surface area contributed by atoms with Crippen LogP contribution < -0.4 is 4.90 Å². The van der Waals surface area contributed by atoms with Gasteiger partial charge in [-0.15, -0.1) is 12.4 Å². The zero-order valence-corrected chi connectivity index (χ0v) is 13.9. The highest BCUT2D eigenvalue weighted by Gasteiger charge is 2.10. The minimum Gasteiger partial charge on any atom is -0.351 e. The van der Waals surface area contributed by atoms with Gasteiger partial charge in [-0.05, 0) is 37.9 Å². The summed E-state index contributed by atoms with van der Waals surface area (Å²) >= 11 is 6.26. The zero-order chi connectivity index (χ0) is 14.4. The minimum atomic E-state index is 0. The summed E-state index contributed by atoms with van der Waals surface area (Å²) < 4.78 is 0. The Labute approximate surface area is 138 Å². The second-order valence-corrected chi connectivity index (χ2v) is 5.41. The standard InChI is InChI=1S/C16H20ClN3.ClH/c1-19(2)11-12-20(16-9-5-6-10-18-16)13-14-7-3-4-8-15(14)17;/h3-10H,11-13H2,1-2H3;1H. The van der Waals surface area contributed by atoms with Crippen LogP contribution in [0.5, 0.6) is 0 Å². The predicted molar refractivity (Wildman–Crippen MR) is 92.5 cm³/mol. The number of pyridine rings is 1. The summed E-state index contributed by atoms with van der Waals surface area (Å²) in [6.07, 6.45) is 1.82. The van der Waals surface area contributed by atoms with Crippen LogP contribution in [0.25, 0.3) is 0 Å². The number of benzene rings is 1. The molecule has 0 spiro atoms. The van der Waals surface area contributed by atoms with Gasteiger partial charge in [0, 0.05) is 30.9 Å². The van der Waals surface area contributed by atoms with Crippen molar-refractivity contribution in [1.82, 2.24) is 9.88 Å². The maximum atomic E-state index is 6.26. The summed E-state index contributed by atoms with van der Waals surface area (Å²) in [5, 5.41) is 0.804. The van der Waals surface area contributed by atoms with E-state index in [0.717, 1.165) is 36.0 Å². The quantitative estimate of drug-likeness (QED) is 0.806. The van der Waals surface area contributed by atoms with Crippen LogP contribution in [-0.4, -0.2) is 37.1 Å². The summed E-state index contributed by atoms with van der Waals surface area (Å²) in [6.45, 7) is 2.65. The van der Waals surface area contributed by atoms with Crippen molar-refractivity contribution in [3.63, 3.8) is 0 Å². The van der Waals surface area contributed by atoms with E-state index in [4.69, 9.17) is 11.6 Å². The van der Waals surface area contributed by atoms with Crippen molar-refractivity contribution in [3.05, 3.63) is 59.2 Å². The van der Waals surface area contributed by atoms with Crippen molar-refractivity contribution in [2.45, 2.75) is 6.54 Å². The molecule has 0 aliphatic carbocycles. The molecular weight excluding hydrogens is 305 g/mol. The molecule has 0 N–H and O–H groups in total. The summed E-state index contributed by atoms with van der Waals surface area (Å²) in [4.78, 5) is 8.87. The van der Waals surface area contributed by atoms with E-state index in [1.807, 2.05) is 42.6 Å². The Kier molecular flexibility index (Phi) is 7.51. The van der Waals surface area contributed by atoms with Crippen molar-refractivity contribution < 1.29 is 0 Å². The largest absolute Gasteiger partial charge is 0.351 e. The van der Waals surface area contributed by atoms with Crippen LogP contribution in [0.1, 0.15) is 5.56 Å². The molecule has 0 saturated heterocycles. The fourth-order valence-corrected chi connectivity index (χ4v) is 2.16. The van der Waals surface area contributed by atoms with Crippen molar-refractivity contribution in [2.75, 3.05) is 32.1 Å². The van der Waals surface area contributed by atoms with Crippen LogP contribution in [0, 0.1) is 0 Å². The number of rotatable bonds is 6. The molecule has 5 heteroatoms. The molecule has 0 atom stereocenters. The molecule has 3 nitrogen and oxygen atoms in total. The Balaban J connectivity index is 0.00000220. The fraction of sp³-hybridized carbons (Fsp3) is 0.312. The molecule has 0 fully saturated rings. The molecule has 2 aromatic rings. The van der Waals surface area contributed by atoms with Crippen LogP contribution in [0.3, 0.4) is 0 Å². The van der Waals surface area contributed by atoms with Crippen LogP contribution in [-0.2, 0) is 6.54 Å². The second kappa shape index (κ2) is 8.88. The van der Waals surface area contributed by atoms with Gasteiger partial charge in [-0.2, -0.15) is 0 Å². The summed E-state index contributed by atoms with van der Waals surface area (Å²) in [7, 11) is 4.15. The van der Waals surface area contributed by atoms with Crippen molar-refractivity contribution in [3.8, 4) is 0 Å². The van der Waals surface area contributed by atoms with Gasteiger partial charge < -0.3 is 9.80 Å². The molecular formula is C16H21Cl2N3. The maximum absolute atomic E-state index is 6.26. The molecule has 1 heterocycles. The summed E-state index contributed by atoms with van der Waals surface area (Å²) in [5.41, 5.74) is 1.12. The molecule has 0 aliphatic rings. The van der Waals surface area contributed by atoms with E-state index in [2.05, 4.69) is 34.9 Å². The van der Waals surface area contributed by atoms with Gasteiger partial charge in [-0.3, -0.25) is 0 Å². The van der Waals surface area contributed by atoms with Crippen LogP contribution in [0.2, 0.25) is 5.02 Å². The lowest BCUT2D eigenvalue weighted by molar-refractivity contribution is 0.412. The highest BCUT2D eigenvalue weighted by molar-refractivity contribution is 6.31. The Morgan fingerprint density at radius 3 is 2.33 bits per heavy atom. The number of nitrogens with zero attached hydrogens (tertiary/aromatic N) is 3. The first-order valence-electron chi connectivity index (χ1n) is 6.71. The Bertz CT molecular complexity index is 532. The van der Waals surface area contributed by atoms with E-state index in [-0.39, 0.29) is 12.4 Å². The van der Waals surface area contributed by atoms with Crippen LogP contribution in [0.15, 0.2) is 48.7 Å². The molecule has 0 aliphatic heterocycles. The van der Waals surface area contributed by atoms with E-state index in [9.17, 15) is 0 Å². The van der Waals surface area contributed by atoms with Gasteiger partial charge in [-0.1, -0.05) is 35.9 Å². The van der Waals surface area contributed by atoms with Gasteiger partial charge in [0.2, 0.25) is 0 Å². The first kappa shape index (κ1) is 17.8. The minimum absolute atomic E-state index is 0. The first-order valence-corrected chi connectivity index (χ1v) is 7.09. The monoisotopic (exact) mass is 325 g/mol. The molecule has 21 heavy (non-hydrogen) atoms. The molecule has 0 unspecified atom stereocenters. The van der Waals surface area contributed by atoms with E-state index >= 15 is 0 Å². The number of aromatic nitrogens is 1. The molecule has 2 rings (SSSR count). The Morgan fingerprint density at radius 1 is 1.00 bits per heavy atom. The maximum Gasteiger partial charge on any atom is 0.128 e. The lowest BCUT2D eigenvalue weighted by atomic mass is 10.2. The van der Waals surface area contributed by atoms with Gasteiger partial charge >= 0.3 is 0 Å². The smallest absolute Gasteiger partial charge is 0.128 e. The molecule has 1 aromatic carbocycles.